The number of nitrogens with one attached hydrogen (secondary N) is 2. The van der Waals surface area contributed by atoms with Gasteiger partial charge in [-0.2, -0.15) is 5.09 Å². The molecule has 13 heteroatoms. The number of carbonyl (C=O) groups is 2. The second-order valence-electron chi connectivity index (χ2n) is 7.92. The molecule has 0 bridgehead atoms. The van der Waals surface area contributed by atoms with Gasteiger partial charge in [0.15, 0.2) is 11.8 Å². The lowest BCUT2D eigenvalue weighted by Crippen LogP contribution is -2.46. The molecule has 1 aliphatic rings. The van der Waals surface area contributed by atoms with Crippen molar-refractivity contribution in [3.05, 3.63) is 42.6 Å². The van der Waals surface area contributed by atoms with Crippen molar-refractivity contribution in [1.82, 2.24) is 10.4 Å². The molecule has 0 radical (unpaired) electrons. The second-order valence-corrected chi connectivity index (χ2v) is 9.62. The SMILES string of the molecule is C#C[C@]1(COP(=O)(N[C@@H](C)C(=O)OC(C)C)Oc2ccccc2)O[C@@H](N/C=C\C(N)=O)C(O)C1O. The largest absolute Gasteiger partial charge is 0.462 e. The predicted octanol–water partition coefficient (Wildman–Crippen LogP) is 0.159. The molecule has 2 rings (SSSR count). The molecule has 0 aliphatic carbocycles. The fourth-order valence-corrected chi connectivity index (χ4v) is 4.48. The molecule has 3 unspecified atom stereocenters. The molecule has 1 amide bonds. The zero-order chi connectivity index (χ0) is 26.2. The van der Waals surface area contributed by atoms with Gasteiger partial charge in [0.05, 0.1) is 6.10 Å². The van der Waals surface area contributed by atoms with Crippen LogP contribution in [0.15, 0.2) is 42.6 Å². The van der Waals surface area contributed by atoms with E-state index in [4.69, 9.17) is 30.7 Å². The van der Waals surface area contributed by atoms with E-state index in [1.807, 2.05) is 0 Å². The minimum atomic E-state index is -4.32. The van der Waals surface area contributed by atoms with Crippen molar-refractivity contribution in [1.29, 1.82) is 0 Å². The Balaban J connectivity index is 2.23. The highest BCUT2D eigenvalue weighted by molar-refractivity contribution is 7.52. The maximum atomic E-state index is 13.6. The third-order valence-electron chi connectivity index (χ3n) is 4.68. The van der Waals surface area contributed by atoms with Crippen molar-refractivity contribution in [3.8, 4) is 18.1 Å². The fourth-order valence-electron chi connectivity index (χ4n) is 2.96. The summed E-state index contributed by atoms with van der Waals surface area (Å²) in [5.41, 5.74) is 3.05. The van der Waals surface area contributed by atoms with Gasteiger partial charge in [0.1, 0.15) is 30.6 Å². The van der Waals surface area contributed by atoms with Crippen LogP contribution in [0.25, 0.3) is 0 Å². The Bertz CT molecular complexity index is 998. The van der Waals surface area contributed by atoms with E-state index in [2.05, 4.69) is 16.3 Å². The monoisotopic (exact) mass is 511 g/mol. The molecule has 6 atom stereocenters. The number of carbonyl (C=O) groups excluding carboxylic acids is 2. The summed E-state index contributed by atoms with van der Waals surface area (Å²) in [7, 11) is -4.32. The van der Waals surface area contributed by atoms with Gasteiger partial charge in [-0.1, -0.05) is 24.1 Å². The number of para-hydroxylation sites is 1. The van der Waals surface area contributed by atoms with E-state index in [0.717, 1.165) is 12.3 Å². The van der Waals surface area contributed by atoms with Crippen molar-refractivity contribution in [2.45, 2.75) is 57.0 Å². The van der Waals surface area contributed by atoms with E-state index in [1.165, 1.54) is 19.1 Å². The zero-order valence-electron chi connectivity index (χ0n) is 19.5. The van der Waals surface area contributed by atoms with E-state index in [1.54, 1.807) is 32.0 Å². The highest BCUT2D eigenvalue weighted by Gasteiger charge is 2.55. The van der Waals surface area contributed by atoms with Gasteiger partial charge in [0.2, 0.25) is 5.91 Å². The Morgan fingerprint density at radius 3 is 2.54 bits per heavy atom. The van der Waals surface area contributed by atoms with E-state index in [-0.39, 0.29) is 5.75 Å². The van der Waals surface area contributed by atoms with Gasteiger partial charge in [-0.05, 0) is 32.9 Å². The van der Waals surface area contributed by atoms with E-state index >= 15 is 0 Å². The smallest absolute Gasteiger partial charge is 0.459 e. The van der Waals surface area contributed by atoms with Crippen LogP contribution in [0, 0.1) is 12.3 Å². The molecule has 6 N–H and O–H groups in total. The van der Waals surface area contributed by atoms with Crippen LogP contribution in [0.5, 0.6) is 5.75 Å². The number of hydrogen-bond acceptors (Lipinski definition) is 10. The minimum Gasteiger partial charge on any atom is -0.462 e. The molecule has 35 heavy (non-hydrogen) atoms. The van der Waals surface area contributed by atoms with Crippen LogP contribution in [-0.2, 0) is 28.2 Å². The summed E-state index contributed by atoms with van der Waals surface area (Å²) in [5.74, 6) is 0.915. The molecule has 1 heterocycles. The number of ether oxygens (including phenoxy) is 2. The molecule has 0 aromatic heterocycles. The van der Waals surface area contributed by atoms with E-state index in [9.17, 15) is 24.4 Å². The molecular weight excluding hydrogens is 481 g/mol. The van der Waals surface area contributed by atoms with Gasteiger partial charge >= 0.3 is 13.7 Å². The normalized spacial score (nSPS) is 26.6. The lowest BCUT2D eigenvalue weighted by atomic mass is 9.97. The highest BCUT2D eigenvalue weighted by atomic mass is 31.2. The summed E-state index contributed by atoms with van der Waals surface area (Å²) >= 11 is 0. The van der Waals surface area contributed by atoms with E-state index in [0.29, 0.717) is 0 Å². The third-order valence-corrected chi connectivity index (χ3v) is 6.30. The molecule has 0 saturated carbocycles. The molecule has 12 nitrogen and oxygen atoms in total. The Labute approximate surface area is 203 Å². The van der Waals surface area contributed by atoms with Crippen LogP contribution in [0.1, 0.15) is 20.8 Å². The number of primary amides is 1. The number of rotatable bonds is 12. The number of aliphatic hydroxyl groups is 2. The lowest BCUT2D eigenvalue weighted by molar-refractivity contribution is -0.149. The topological polar surface area (TPSA) is 179 Å². The van der Waals surface area contributed by atoms with Crippen molar-refractivity contribution in [2.24, 2.45) is 5.73 Å². The molecule has 1 aliphatic heterocycles. The first-order chi connectivity index (χ1) is 16.4. The molecule has 1 aromatic carbocycles. The highest BCUT2D eigenvalue weighted by Crippen LogP contribution is 2.46. The second kappa shape index (κ2) is 12.2. The van der Waals surface area contributed by atoms with Crippen molar-refractivity contribution in [3.63, 3.8) is 0 Å². The van der Waals surface area contributed by atoms with Crippen molar-refractivity contribution >= 4 is 19.6 Å². The summed E-state index contributed by atoms with van der Waals surface area (Å²) in [6.07, 6.45) is 2.77. The summed E-state index contributed by atoms with van der Waals surface area (Å²) in [6.45, 7) is 4.01. The lowest BCUT2D eigenvalue weighted by Gasteiger charge is -2.29. The number of amides is 1. The number of aliphatic hydroxyl groups excluding tert-OH is 2. The number of esters is 1. The standard InChI is InChI=1S/C22H30N3O9P/c1-5-22(19(28)18(27)20(33-22)24-12-11-17(23)26)13-31-35(30,34-16-9-7-6-8-10-16)25-15(4)21(29)32-14(2)3/h1,6-12,14-15,18-20,24,27-28H,13H2,2-4H3,(H2,23,26)(H,25,30)/b12-11-/t15-,18?,19?,20+,22+,35?/m0/s1. The average Bonchev–Trinajstić information content (AvgIpc) is 3.03. The maximum absolute atomic E-state index is 13.6. The molecule has 1 saturated heterocycles. The van der Waals surface area contributed by atoms with Crippen LogP contribution >= 0.6 is 7.75 Å². The predicted molar refractivity (Wildman–Crippen MR) is 124 cm³/mol. The minimum absolute atomic E-state index is 0.159. The fraction of sp³-hybridized carbons (Fsp3) is 0.455. The van der Waals surface area contributed by atoms with Gasteiger partial charge in [0, 0.05) is 12.3 Å². The molecule has 1 aromatic rings. The molecule has 0 spiro atoms. The van der Waals surface area contributed by atoms with Crippen LogP contribution in [-0.4, -0.2) is 64.9 Å². The van der Waals surface area contributed by atoms with Gasteiger partial charge < -0.3 is 35.3 Å². The first-order valence-electron chi connectivity index (χ1n) is 10.6. The third kappa shape index (κ3) is 7.80. The number of terminal acetylenes is 1. The summed E-state index contributed by atoms with van der Waals surface area (Å²) in [5, 5.41) is 25.9. The average molecular weight is 511 g/mol. The Morgan fingerprint density at radius 2 is 1.97 bits per heavy atom. The Hall–Kier alpha value is -2.91. The first kappa shape index (κ1) is 28.3. The van der Waals surface area contributed by atoms with Crippen LogP contribution in [0.2, 0.25) is 0 Å². The van der Waals surface area contributed by atoms with Gasteiger partial charge in [-0.25, -0.2) is 4.57 Å². The van der Waals surface area contributed by atoms with Crippen LogP contribution < -0.4 is 20.7 Å². The van der Waals surface area contributed by atoms with Crippen molar-refractivity contribution < 1.29 is 42.9 Å². The summed E-state index contributed by atoms with van der Waals surface area (Å²) in [4.78, 5) is 23.1. The maximum Gasteiger partial charge on any atom is 0.459 e. The molecular formula is C22H30N3O9P. The Morgan fingerprint density at radius 1 is 1.31 bits per heavy atom. The number of benzene rings is 1. The number of hydrogen-bond donors (Lipinski definition) is 5. The van der Waals surface area contributed by atoms with Gasteiger partial charge in [0.25, 0.3) is 0 Å². The quantitative estimate of drug-likeness (QED) is 0.112. The van der Waals surface area contributed by atoms with Crippen molar-refractivity contribution in [2.75, 3.05) is 6.61 Å². The number of nitrogens with two attached hydrogens (primary N) is 1. The first-order valence-corrected chi connectivity index (χ1v) is 12.2. The summed E-state index contributed by atoms with van der Waals surface area (Å²) in [6, 6.07) is 6.90. The van der Waals surface area contributed by atoms with Gasteiger partial charge in [-0.15, -0.1) is 6.42 Å². The summed E-state index contributed by atoms with van der Waals surface area (Å²) < 4.78 is 35.3. The molecule has 192 valence electrons. The Kier molecular flexibility index (Phi) is 9.85. The molecule has 1 fully saturated rings. The van der Waals surface area contributed by atoms with Crippen LogP contribution in [0.4, 0.5) is 0 Å². The van der Waals surface area contributed by atoms with Gasteiger partial charge in [-0.3, -0.25) is 14.1 Å². The van der Waals surface area contributed by atoms with Crippen LogP contribution in [0.3, 0.4) is 0 Å². The zero-order valence-corrected chi connectivity index (χ0v) is 20.4. The van der Waals surface area contributed by atoms with E-state index < -0.39 is 62.4 Å².